The van der Waals surface area contributed by atoms with Crippen LogP contribution in [-0.2, 0) is 16.0 Å². The highest BCUT2D eigenvalue weighted by atomic mass is 19.1. The summed E-state index contributed by atoms with van der Waals surface area (Å²) in [7, 11) is 0. The van der Waals surface area contributed by atoms with Gasteiger partial charge in [-0.1, -0.05) is 12.1 Å². The number of amides is 1. The highest BCUT2D eigenvalue weighted by molar-refractivity contribution is 6.31. The van der Waals surface area contributed by atoms with E-state index in [9.17, 15) is 9.18 Å². The number of carbonyl (C=O) groups excluding carboxylic acids is 1. The molecule has 0 aliphatic carbocycles. The van der Waals surface area contributed by atoms with Gasteiger partial charge < -0.3 is 15.4 Å². The molecule has 1 amide bonds. The van der Waals surface area contributed by atoms with Gasteiger partial charge in [-0.3, -0.25) is 9.69 Å². The average molecular weight is 395 g/mol. The first-order valence-corrected chi connectivity index (χ1v) is 10.2. The summed E-state index contributed by atoms with van der Waals surface area (Å²) in [6.07, 6.45) is 5.05. The van der Waals surface area contributed by atoms with Crippen molar-refractivity contribution >= 4 is 22.9 Å². The highest BCUT2D eigenvalue weighted by Crippen LogP contribution is 2.32. The minimum absolute atomic E-state index is 0.227. The first-order valence-electron chi connectivity index (χ1n) is 10.2. The molecule has 0 aromatic heterocycles. The Morgan fingerprint density at radius 1 is 1.10 bits per heavy atom. The van der Waals surface area contributed by atoms with Crippen molar-refractivity contribution in [3.63, 3.8) is 0 Å². The Kier molecular flexibility index (Phi) is 6.22. The van der Waals surface area contributed by atoms with Crippen LogP contribution in [0.1, 0.15) is 24.0 Å². The smallest absolute Gasteiger partial charge is 0.257 e. The van der Waals surface area contributed by atoms with Crippen molar-refractivity contribution in [1.82, 2.24) is 4.90 Å². The lowest BCUT2D eigenvalue weighted by Crippen LogP contribution is -2.36. The molecule has 6 heteroatoms. The predicted octanol–water partition coefficient (Wildman–Crippen LogP) is 3.89. The van der Waals surface area contributed by atoms with Crippen molar-refractivity contribution in [3.05, 3.63) is 65.6 Å². The van der Waals surface area contributed by atoms with Crippen LogP contribution in [0.4, 0.5) is 15.8 Å². The van der Waals surface area contributed by atoms with Crippen LogP contribution in [0.25, 0.3) is 5.57 Å². The van der Waals surface area contributed by atoms with E-state index in [0.717, 1.165) is 51.4 Å². The van der Waals surface area contributed by atoms with E-state index in [-0.39, 0.29) is 11.7 Å². The quantitative estimate of drug-likeness (QED) is 0.552. The van der Waals surface area contributed by atoms with Crippen LogP contribution in [0.2, 0.25) is 0 Å². The number of rotatable bonds is 7. The van der Waals surface area contributed by atoms with Crippen LogP contribution in [0.5, 0.6) is 0 Å². The van der Waals surface area contributed by atoms with Crippen molar-refractivity contribution in [2.75, 3.05) is 43.5 Å². The number of aryl methyl sites for hydroxylation is 1. The molecular weight excluding hydrogens is 369 g/mol. The van der Waals surface area contributed by atoms with Crippen LogP contribution < -0.4 is 10.6 Å². The summed E-state index contributed by atoms with van der Waals surface area (Å²) >= 11 is 0. The number of unbranched alkanes of at least 4 members (excludes halogenated alkanes) is 1. The van der Waals surface area contributed by atoms with Crippen molar-refractivity contribution in [1.29, 1.82) is 0 Å². The standard InChI is InChI=1S/C23H26FN3O2/c24-18-6-9-22-20(15-18)21(23(28)26-22)16-25-19-7-4-17(5-8-19)3-1-2-10-27-11-13-29-14-12-27/h4-9,15-16,25H,1-3,10-14H2,(H,26,28). The number of hydrogen-bond donors (Lipinski definition) is 2. The Balaban J connectivity index is 1.28. The maximum absolute atomic E-state index is 13.5. The predicted molar refractivity (Wildman–Crippen MR) is 113 cm³/mol. The van der Waals surface area contributed by atoms with Crippen LogP contribution in [0.3, 0.4) is 0 Å². The number of hydrogen-bond acceptors (Lipinski definition) is 4. The van der Waals surface area contributed by atoms with Crippen molar-refractivity contribution in [3.8, 4) is 0 Å². The summed E-state index contributed by atoms with van der Waals surface area (Å²) in [5.41, 5.74) is 3.85. The molecule has 2 aromatic carbocycles. The molecule has 1 fully saturated rings. The summed E-state index contributed by atoms with van der Waals surface area (Å²) in [6.45, 7) is 4.94. The second-order valence-corrected chi connectivity index (χ2v) is 7.45. The van der Waals surface area contributed by atoms with Gasteiger partial charge in [0.05, 0.1) is 18.8 Å². The molecule has 0 saturated carbocycles. The van der Waals surface area contributed by atoms with E-state index >= 15 is 0 Å². The van der Waals surface area contributed by atoms with Gasteiger partial charge in [0.1, 0.15) is 5.82 Å². The first kappa shape index (κ1) is 19.6. The number of morpholine rings is 1. The lowest BCUT2D eigenvalue weighted by atomic mass is 10.1. The lowest BCUT2D eigenvalue weighted by molar-refractivity contribution is -0.110. The minimum Gasteiger partial charge on any atom is -0.379 e. The van der Waals surface area contributed by atoms with E-state index in [0.29, 0.717) is 16.8 Å². The zero-order valence-electron chi connectivity index (χ0n) is 16.4. The molecule has 0 unspecified atom stereocenters. The molecule has 0 atom stereocenters. The number of carbonyl (C=O) groups is 1. The van der Waals surface area contributed by atoms with Gasteiger partial charge in [-0.15, -0.1) is 0 Å². The van der Waals surface area contributed by atoms with Gasteiger partial charge in [0.2, 0.25) is 0 Å². The molecule has 0 radical (unpaired) electrons. The average Bonchev–Trinajstić information content (AvgIpc) is 3.05. The third-order valence-electron chi connectivity index (χ3n) is 5.40. The van der Waals surface area contributed by atoms with E-state index in [1.807, 2.05) is 12.1 Å². The van der Waals surface area contributed by atoms with Crippen LogP contribution in [0, 0.1) is 5.82 Å². The van der Waals surface area contributed by atoms with Crippen molar-refractivity contribution < 1.29 is 13.9 Å². The van der Waals surface area contributed by atoms with Gasteiger partial charge >= 0.3 is 0 Å². The van der Waals surface area contributed by atoms with Gasteiger partial charge in [-0.2, -0.15) is 0 Å². The zero-order chi connectivity index (χ0) is 20.1. The topological polar surface area (TPSA) is 53.6 Å². The van der Waals surface area contributed by atoms with Crippen LogP contribution >= 0.6 is 0 Å². The number of nitrogens with one attached hydrogen (secondary N) is 2. The van der Waals surface area contributed by atoms with E-state index < -0.39 is 0 Å². The summed E-state index contributed by atoms with van der Waals surface area (Å²) in [6, 6.07) is 12.5. The SMILES string of the molecule is O=C1Nc2ccc(F)cc2C1=CNc1ccc(CCCCN2CCOCC2)cc1. The molecule has 2 aromatic rings. The molecule has 2 aliphatic heterocycles. The number of halogens is 1. The molecule has 5 nitrogen and oxygen atoms in total. The first-order chi connectivity index (χ1) is 14.2. The third kappa shape index (κ3) is 5.02. The number of fused-ring (bicyclic) bond motifs is 1. The monoisotopic (exact) mass is 395 g/mol. The van der Waals surface area contributed by atoms with Gasteiger partial charge in [0, 0.05) is 36.2 Å². The fourth-order valence-electron chi connectivity index (χ4n) is 3.72. The van der Waals surface area contributed by atoms with Crippen molar-refractivity contribution in [2.24, 2.45) is 0 Å². The Labute approximate surface area is 170 Å². The normalized spacial score (nSPS) is 18.0. The fourth-order valence-corrected chi connectivity index (χ4v) is 3.72. The van der Waals surface area contributed by atoms with Crippen LogP contribution in [0.15, 0.2) is 48.7 Å². The maximum atomic E-state index is 13.5. The molecule has 29 heavy (non-hydrogen) atoms. The molecule has 152 valence electrons. The van der Waals surface area contributed by atoms with E-state index in [4.69, 9.17) is 4.74 Å². The van der Waals surface area contributed by atoms with Gasteiger partial charge in [-0.25, -0.2) is 4.39 Å². The highest BCUT2D eigenvalue weighted by Gasteiger charge is 2.24. The molecule has 2 aliphatic rings. The number of nitrogens with zero attached hydrogens (tertiary/aromatic N) is 1. The summed E-state index contributed by atoms with van der Waals surface area (Å²) in [4.78, 5) is 14.6. The Hall–Kier alpha value is -2.70. The number of ether oxygens (including phenoxy) is 1. The molecule has 0 spiro atoms. The molecular formula is C23H26FN3O2. The van der Waals surface area contributed by atoms with E-state index in [2.05, 4.69) is 27.7 Å². The third-order valence-corrected chi connectivity index (χ3v) is 5.40. The number of benzene rings is 2. The zero-order valence-corrected chi connectivity index (χ0v) is 16.4. The Morgan fingerprint density at radius 3 is 2.69 bits per heavy atom. The Morgan fingerprint density at radius 2 is 1.90 bits per heavy atom. The number of anilines is 2. The molecule has 1 saturated heterocycles. The molecule has 2 N–H and O–H groups in total. The van der Waals surface area contributed by atoms with Gasteiger partial charge in [0.15, 0.2) is 0 Å². The maximum Gasteiger partial charge on any atom is 0.257 e. The molecule has 4 rings (SSSR count). The van der Waals surface area contributed by atoms with Gasteiger partial charge in [0.25, 0.3) is 5.91 Å². The lowest BCUT2D eigenvalue weighted by Gasteiger charge is -2.26. The molecule has 0 bridgehead atoms. The summed E-state index contributed by atoms with van der Waals surface area (Å²) < 4.78 is 18.9. The Bertz CT molecular complexity index is 889. The van der Waals surface area contributed by atoms with Crippen molar-refractivity contribution in [2.45, 2.75) is 19.3 Å². The second kappa shape index (κ2) is 9.20. The van der Waals surface area contributed by atoms with Gasteiger partial charge in [-0.05, 0) is 61.7 Å². The second-order valence-electron chi connectivity index (χ2n) is 7.45. The summed E-state index contributed by atoms with van der Waals surface area (Å²) in [5, 5.41) is 5.90. The van der Waals surface area contributed by atoms with E-state index in [1.165, 1.54) is 24.1 Å². The summed E-state index contributed by atoms with van der Waals surface area (Å²) in [5.74, 6) is -0.584. The van der Waals surface area contributed by atoms with E-state index in [1.54, 1.807) is 12.3 Å². The molecule has 2 heterocycles. The van der Waals surface area contributed by atoms with Crippen LogP contribution in [-0.4, -0.2) is 43.7 Å². The minimum atomic E-state index is -0.357. The fraction of sp³-hybridized carbons (Fsp3) is 0.348. The largest absolute Gasteiger partial charge is 0.379 e.